The third-order valence-electron chi connectivity index (χ3n) is 4.66. The Morgan fingerprint density at radius 3 is 2.48 bits per heavy atom. The van der Waals surface area contributed by atoms with Gasteiger partial charge in [-0.2, -0.15) is 0 Å². The lowest BCUT2D eigenvalue weighted by Crippen LogP contribution is -2.38. The molecule has 1 saturated heterocycles. The molecule has 2 N–H and O–H groups in total. The molecule has 1 fully saturated rings. The minimum Gasteiger partial charge on any atom is -0.375 e. The zero-order valence-corrected chi connectivity index (χ0v) is 19.1. The summed E-state index contributed by atoms with van der Waals surface area (Å²) in [6, 6.07) is 18.2. The molecule has 1 amide bonds. The Morgan fingerprint density at radius 2 is 1.83 bits per heavy atom. The van der Waals surface area contributed by atoms with E-state index in [4.69, 9.17) is 4.74 Å². The van der Waals surface area contributed by atoms with Gasteiger partial charge in [-0.05, 0) is 29.7 Å². The van der Waals surface area contributed by atoms with Gasteiger partial charge in [0.2, 0.25) is 5.91 Å². The summed E-state index contributed by atoms with van der Waals surface area (Å²) in [4.78, 5) is 17.9. The van der Waals surface area contributed by atoms with E-state index in [1.165, 1.54) is 5.56 Å². The monoisotopic (exact) mass is 508 g/mol. The van der Waals surface area contributed by atoms with Crippen molar-refractivity contribution in [2.75, 3.05) is 31.6 Å². The van der Waals surface area contributed by atoms with Crippen molar-refractivity contribution in [3.8, 4) is 0 Å². The number of halogens is 1. The van der Waals surface area contributed by atoms with Crippen molar-refractivity contribution in [3.63, 3.8) is 0 Å². The van der Waals surface area contributed by atoms with E-state index in [-0.39, 0.29) is 29.9 Å². The summed E-state index contributed by atoms with van der Waals surface area (Å²) in [7, 11) is 1.75. The van der Waals surface area contributed by atoms with Gasteiger partial charge in [0.25, 0.3) is 0 Å². The fraction of sp³-hybridized carbons (Fsp3) is 0.364. The second-order valence-electron chi connectivity index (χ2n) is 6.71. The van der Waals surface area contributed by atoms with Crippen LogP contribution >= 0.6 is 24.0 Å². The molecule has 0 unspecified atom stereocenters. The van der Waals surface area contributed by atoms with Crippen LogP contribution in [0.5, 0.6) is 0 Å². The van der Waals surface area contributed by atoms with E-state index in [9.17, 15) is 4.79 Å². The molecular weight excluding hydrogens is 479 g/mol. The van der Waals surface area contributed by atoms with Crippen molar-refractivity contribution in [3.05, 3.63) is 65.7 Å². The molecule has 29 heavy (non-hydrogen) atoms. The molecule has 0 bridgehead atoms. The van der Waals surface area contributed by atoms with E-state index in [1.807, 2.05) is 47.4 Å². The minimum absolute atomic E-state index is 0. The molecule has 7 heteroatoms. The highest BCUT2D eigenvalue weighted by Crippen LogP contribution is 2.21. The molecule has 2 aromatic rings. The summed E-state index contributed by atoms with van der Waals surface area (Å²) in [5.41, 5.74) is 3.28. The lowest BCUT2D eigenvalue weighted by atomic mass is 10.2. The van der Waals surface area contributed by atoms with Gasteiger partial charge in [-0.3, -0.25) is 9.79 Å². The summed E-state index contributed by atoms with van der Waals surface area (Å²) in [5.74, 6) is 0.951. The molecule has 6 nitrogen and oxygen atoms in total. The molecule has 2 aromatic carbocycles. The lowest BCUT2D eigenvalue weighted by molar-refractivity contribution is -0.117. The number of nitrogens with one attached hydrogen (secondary N) is 2. The molecule has 0 aliphatic carbocycles. The average Bonchev–Trinajstić information content (AvgIpc) is 3.17. The summed E-state index contributed by atoms with van der Waals surface area (Å²) >= 11 is 0. The Balaban J connectivity index is 0.00000300. The molecule has 1 heterocycles. The number of anilines is 1. The van der Waals surface area contributed by atoms with E-state index < -0.39 is 0 Å². The molecule has 156 valence electrons. The molecule has 0 saturated carbocycles. The highest BCUT2D eigenvalue weighted by atomic mass is 127. The molecule has 0 atom stereocenters. The molecule has 0 aromatic heterocycles. The standard InChI is InChI=1S/C22H28N4O2.HI/c1-23-22(24-13-15-28-17-19-6-3-2-4-7-19)25-16-18-9-11-20(12-10-18)26-14-5-8-21(26)27;/h2-4,6-7,9-12H,5,8,13-17H2,1H3,(H2,23,24,25);1H. The van der Waals surface area contributed by atoms with Crippen LogP contribution in [0.25, 0.3) is 0 Å². The number of rotatable bonds is 8. The van der Waals surface area contributed by atoms with Crippen LogP contribution in [0, 0.1) is 0 Å². The van der Waals surface area contributed by atoms with E-state index in [2.05, 4.69) is 27.8 Å². The average molecular weight is 508 g/mol. The third-order valence-corrected chi connectivity index (χ3v) is 4.66. The number of nitrogens with zero attached hydrogens (tertiary/aromatic N) is 2. The second kappa shape index (κ2) is 12.4. The first-order valence-electron chi connectivity index (χ1n) is 9.72. The van der Waals surface area contributed by atoms with Gasteiger partial charge in [-0.25, -0.2) is 0 Å². The zero-order chi connectivity index (χ0) is 19.6. The van der Waals surface area contributed by atoms with Gasteiger partial charge >= 0.3 is 0 Å². The topological polar surface area (TPSA) is 66.0 Å². The molecular formula is C22H29IN4O2. The Labute approximate surface area is 189 Å². The molecule has 0 spiro atoms. The van der Waals surface area contributed by atoms with Crippen molar-refractivity contribution < 1.29 is 9.53 Å². The number of carbonyl (C=O) groups excluding carboxylic acids is 1. The summed E-state index contributed by atoms with van der Waals surface area (Å²) in [6.07, 6.45) is 1.60. The number of carbonyl (C=O) groups is 1. The predicted molar refractivity (Wildman–Crippen MR) is 128 cm³/mol. The molecule has 1 aliphatic heterocycles. The van der Waals surface area contributed by atoms with Crippen LogP contribution < -0.4 is 15.5 Å². The smallest absolute Gasteiger partial charge is 0.227 e. The Bertz CT molecular complexity index is 781. The first kappa shape index (κ1) is 23.2. The van der Waals surface area contributed by atoms with Gasteiger partial charge in [-0.1, -0.05) is 42.5 Å². The van der Waals surface area contributed by atoms with E-state index in [0.717, 1.165) is 30.2 Å². The van der Waals surface area contributed by atoms with E-state index >= 15 is 0 Å². The van der Waals surface area contributed by atoms with Crippen molar-refractivity contribution in [1.29, 1.82) is 0 Å². The van der Waals surface area contributed by atoms with Crippen molar-refractivity contribution in [2.45, 2.75) is 26.0 Å². The summed E-state index contributed by atoms with van der Waals surface area (Å²) in [5, 5.41) is 6.54. The highest BCUT2D eigenvalue weighted by Gasteiger charge is 2.21. The zero-order valence-electron chi connectivity index (χ0n) is 16.8. The van der Waals surface area contributed by atoms with Crippen LogP contribution in [0.15, 0.2) is 59.6 Å². The van der Waals surface area contributed by atoms with Crippen LogP contribution in [0.3, 0.4) is 0 Å². The number of hydrogen-bond donors (Lipinski definition) is 2. The summed E-state index contributed by atoms with van der Waals surface area (Å²) in [6.45, 7) is 3.38. The summed E-state index contributed by atoms with van der Waals surface area (Å²) < 4.78 is 5.67. The largest absolute Gasteiger partial charge is 0.375 e. The first-order chi connectivity index (χ1) is 13.8. The van der Waals surface area contributed by atoms with Gasteiger partial charge in [0, 0.05) is 38.8 Å². The number of benzene rings is 2. The Kier molecular flexibility index (Phi) is 9.93. The van der Waals surface area contributed by atoms with Crippen molar-refractivity contribution in [2.24, 2.45) is 4.99 Å². The van der Waals surface area contributed by atoms with Gasteiger partial charge < -0.3 is 20.3 Å². The fourth-order valence-corrected chi connectivity index (χ4v) is 3.13. The van der Waals surface area contributed by atoms with E-state index in [0.29, 0.717) is 32.7 Å². The van der Waals surface area contributed by atoms with Crippen LogP contribution in [0.4, 0.5) is 5.69 Å². The quantitative estimate of drug-likeness (QED) is 0.249. The molecule has 1 aliphatic rings. The number of ether oxygens (including phenoxy) is 1. The maximum absolute atomic E-state index is 11.8. The molecule has 3 rings (SSSR count). The maximum Gasteiger partial charge on any atom is 0.227 e. The lowest BCUT2D eigenvalue weighted by Gasteiger charge is -2.16. The number of hydrogen-bond acceptors (Lipinski definition) is 3. The Hall–Kier alpha value is -2.13. The minimum atomic E-state index is 0. The second-order valence-corrected chi connectivity index (χ2v) is 6.71. The van der Waals surface area contributed by atoms with Crippen LogP contribution in [0.1, 0.15) is 24.0 Å². The Morgan fingerprint density at radius 1 is 1.07 bits per heavy atom. The van der Waals surface area contributed by atoms with Gasteiger partial charge in [0.15, 0.2) is 5.96 Å². The fourth-order valence-electron chi connectivity index (χ4n) is 3.13. The normalized spacial score (nSPS) is 13.9. The first-order valence-corrected chi connectivity index (χ1v) is 9.72. The van der Waals surface area contributed by atoms with Crippen molar-refractivity contribution in [1.82, 2.24) is 10.6 Å². The number of aliphatic imine (C=N–C) groups is 1. The van der Waals surface area contributed by atoms with Crippen molar-refractivity contribution >= 4 is 41.5 Å². The number of guanidine groups is 1. The van der Waals surface area contributed by atoms with Gasteiger partial charge in [0.1, 0.15) is 0 Å². The van der Waals surface area contributed by atoms with Crippen LogP contribution in [0.2, 0.25) is 0 Å². The predicted octanol–water partition coefficient (Wildman–Crippen LogP) is 3.31. The highest BCUT2D eigenvalue weighted by molar-refractivity contribution is 14.0. The van der Waals surface area contributed by atoms with E-state index in [1.54, 1.807) is 7.05 Å². The van der Waals surface area contributed by atoms with Gasteiger partial charge in [0.05, 0.1) is 13.2 Å². The van der Waals surface area contributed by atoms with Crippen LogP contribution in [-0.4, -0.2) is 38.6 Å². The molecule has 0 radical (unpaired) electrons. The number of amides is 1. The maximum atomic E-state index is 11.8. The van der Waals surface area contributed by atoms with Gasteiger partial charge in [-0.15, -0.1) is 24.0 Å². The third kappa shape index (κ3) is 7.32. The SMILES string of the molecule is CN=C(NCCOCc1ccccc1)NCc1ccc(N2CCCC2=O)cc1.I. The van der Waals surface area contributed by atoms with Crippen LogP contribution in [-0.2, 0) is 22.7 Å².